The standard InChI is InChI=1S/C39H25F3N6O2/c1-24-6-4-16-44-36(24)25-7-2-9-27(18-25)49-29-12-14-31-32-15-13-30(21-35(32)48(34(31)20-29)38-46-22-43-23-47-38)50-28-10-3-8-26(19-28)37-33(39(40,41)42)11-5-17-45-37/h2-23H,1H3. The van der Waals surface area contributed by atoms with Crippen molar-refractivity contribution in [3.63, 3.8) is 0 Å². The molecule has 0 saturated carbocycles. The fourth-order valence-corrected chi connectivity index (χ4v) is 6.01. The highest BCUT2D eigenvalue weighted by Crippen LogP contribution is 2.39. The van der Waals surface area contributed by atoms with Gasteiger partial charge in [0, 0.05) is 46.4 Å². The second kappa shape index (κ2) is 12.4. The van der Waals surface area contributed by atoms with Crippen LogP contribution in [0.25, 0.3) is 50.3 Å². The quantitative estimate of drug-likeness (QED) is 0.167. The third-order valence-electron chi connectivity index (χ3n) is 8.20. The molecule has 0 radical (unpaired) electrons. The summed E-state index contributed by atoms with van der Waals surface area (Å²) in [6, 6.07) is 31.8. The van der Waals surface area contributed by atoms with Crippen LogP contribution >= 0.6 is 0 Å². The van der Waals surface area contributed by atoms with E-state index in [-0.39, 0.29) is 11.3 Å². The Hall–Kier alpha value is -6.62. The van der Waals surface area contributed by atoms with Crippen LogP contribution in [0.15, 0.2) is 134 Å². The van der Waals surface area contributed by atoms with Crippen molar-refractivity contribution in [3.8, 4) is 51.5 Å². The highest BCUT2D eigenvalue weighted by atomic mass is 19.4. The van der Waals surface area contributed by atoms with Crippen LogP contribution in [0.2, 0.25) is 0 Å². The second-order valence-corrected chi connectivity index (χ2v) is 11.5. The van der Waals surface area contributed by atoms with E-state index in [9.17, 15) is 13.2 Å². The van der Waals surface area contributed by atoms with Crippen molar-refractivity contribution < 1.29 is 22.6 Å². The first-order chi connectivity index (χ1) is 24.3. The highest BCUT2D eigenvalue weighted by molar-refractivity contribution is 6.09. The van der Waals surface area contributed by atoms with Gasteiger partial charge in [-0.2, -0.15) is 13.2 Å². The minimum Gasteiger partial charge on any atom is -0.457 e. The fraction of sp³-hybridized carbons (Fsp3) is 0.0513. The lowest BCUT2D eigenvalue weighted by Crippen LogP contribution is -2.08. The molecular formula is C39H25F3N6O2. The topological polar surface area (TPSA) is 87.8 Å². The number of aromatic nitrogens is 6. The van der Waals surface area contributed by atoms with E-state index in [4.69, 9.17) is 9.47 Å². The van der Waals surface area contributed by atoms with Gasteiger partial charge >= 0.3 is 6.18 Å². The number of benzene rings is 4. The third-order valence-corrected chi connectivity index (χ3v) is 8.20. The predicted octanol–water partition coefficient (Wildman–Crippen LogP) is 10.0. The molecule has 0 N–H and O–H groups in total. The number of hydrogen-bond acceptors (Lipinski definition) is 7. The van der Waals surface area contributed by atoms with E-state index in [1.807, 2.05) is 84.3 Å². The molecule has 0 aliphatic rings. The molecule has 0 saturated heterocycles. The van der Waals surface area contributed by atoms with Gasteiger partial charge in [-0.1, -0.05) is 30.3 Å². The molecule has 11 heteroatoms. The van der Waals surface area contributed by atoms with E-state index in [1.165, 1.54) is 31.0 Å². The molecule has 0 atom stereocenters. The second-order valence-electron chi connectivity index (χ2n) is 11.5. The Balaban J connectivity index is 1.17. The number of fused-ring (bicyclic) bond motifs is 3. The summed E-state index contributed by atoms with van der Waals surface area (Å²) in [5, 5.41) is 1.83. The van der Waals surface area contributed by atoms with Gasteiger partial charge in [-0.05, 0) is 79.2 Å². The summed E-state index contributed by atoms with van der Waals surface area (Å²) in [5.74, 6) is 2.45. The molecule has 4 aromatic heterocycles. The SMILES string of the molecule is Cc1cccnc1-c1cccc(Oc2ccc3c4ccc(Oc5cccc(-c6ncccc6C(F)(F)F)c5)cc4n(-c4ncncn4)c3c2)c1. The van der Waals surface area contributed by atoms with Gasteiger partial charge in [-0.15, -0.1) is 0 Å². The van der Waals surface area contributed by atoms with Gasteiger partial charge in [0.2, 0.25) is 5.95 Å². The molecule has 0 fully saturated rings. The Morgan fingerprint density at radius 1 is 0.560 bits per heavy atom. The van der Waals surface area contributed by atoms with E-state index < -0.39 is 11.7 Å². The van der Waals surface area contributed by atoms with Crippen molar-refractivity contribution in [3.05, 3.63) is 145 Å². The summed E-state index contributed by atoms with van der Waals surface area (Å²) in [6.07, 6.45) is 1.39. The maximum atomic E-state index is 13.7. The van der Waals surface area contributed by atoms with Crippen LogP contribution in [0.4, 0.5) is 13.2 Å². The van der Waals surface area contributed by atoms with Crippen molar-refractivity contribution in [1.29, 1.82) is 0 Å². The summed E-state index contributed by atoms with van der Waals surface area (Å²) in [7, 11) is 0. The van der Waals surface area contributed by atoms with Crippen molar-refractivity contribution in [2.45, 2.75) is 13.1 Å². The molecule has 4 heterocycles. The lowest BCUT2D eigenvalue weighted by atomic mass is 10.1. The van der Waals surface area contributed by atoms with Gasteiger partial charge in [0.15, 0.2) is 0 Å². The van der Waals surface area contributed by atoms with E-state index in [1.54, 1.807) is 24.4 Å². The Labute approximate surface area is 283 Å². The zero-order valence-corrected chi connectivity index (χ0v) is 26.3. The summed E-state index contributed by atoms with van der Waals surface area (Å²) in [4.78, 5) is 21.4. The third kappa shape index (κ3) is 5.85. The largest absolute Gasteiger partial charge is 0.457 e. The number of halogens is 3. The van der Waals surface area contributed by atoms with Crippen LogP contribution in [0.1, 0.15) is 11.1 Å². The molecule has 4 aromatic carbocycles. The van der Waals surface area contributed by atoms with Crippen molar-refractivity contribution >= 4 is 21.8 Å². The van der Waals surface area contributed by atoms with Crippen LogP contribution in [0.5, 0.6) is 23.0 Å². The molecule has 50 heavy (non-hydrogen) atoms. The summed E-state index contributed by atoms with van der Waals surface area (Å²) < 4.78 is 55.6. The smallest absolute Gasteiger partial charge is 0.418 e. The van der Waals surface area contributed by atoms with E-state index >= 15 is 0 Å². The van der Waals surface area contributed by atoms with Gasteiger partial charge in [0.05, 0.1) is 28.0 Å². The van der Waals surface area contributed by atoms with E-state index in [2.05, 4.69) is 24.9 Å². The number of hydrogen-bond donors (Lipinski definition) is 0. The van der Waals surface area contributed by atoms with Crippen LogP contribution in [-0.2, 0) is 6.18 Å². The van der Waals surface area contributed by atoms with Crippen molar-refractivity contribution in [2.24, 2.45) is 0 Å². The Morgan fingerprint density at radius 2 is 1.10 bits per heavy atom. The molecule has 8 aromatic rings. The first-order valence-electron chi connectivity index (χ1n) is 15.5. The first kappa shape index (κ1) is 30.7. The Kier molecular flexibility index (Phi) is 7.64. The summed E-state index contributed by atoms with van der Waals surface area (Å²) in [5.41, 5.74) is 3.71. The molecule has 0 unspecified atom stereocenters. The molecule has 0 aliphatic carbocycles. The number of rotatable bonds is 7. The number of ether oxygens (including phenoxy) is 2. The van der Waals surface area contributed by atoms with E-state index in [0.717, 1.165) is 44.7 Å². The van der Waals surface area contributed by atoms with Gasteiger partial charge in [-0.3, -0.25) is 14.5 Å². The van der Waals surface area contributed by atoms with E-state index in [0.29, 0.717) is 28.9 Å². The average Bonchev–Trinajstić information content (AvgIpc) is 3.45. The maximum absolute atomic E-state index is 13.7. The summed E-state index contributed by atoms with van der Waals surface area (Å²) >= 11 is 0. The van der Waals surface area contributed by atoms with Crippen LogP contribution < -0.4 is 9.47 Å². The predicted molar refractivity (Wildman–Crippen MR) is 183 cm³/mol. The Bertz CT molecular complexity index is 2520. The molecule has 0 amide bonds. The minimum atomic E-state index is -4.55. The zero-order valence-electron chi connectivity index (χ0n) is 26.3. The molecule has 0 spiro atoms. The highest BCUT2D eigenvalue weighted by Gasteiger charge is 2.34. The normalized spacial score (nSPS) is 11.6. The zero-order chi connectivity index (χ0) is 34.2. The van der Waals surface area contributed by atoms with Crippen LogP contribution in [0, 0.1) is 6.92 Å². The molecule has 0 aliphatic heterocycles. The van der Waals surface area contributed by atoms with Gasteiger partial charge in [-0.25, -0.2) is 15.0 Å². The maximum Gasteiger partial charge on any atom is 0.418 e. The fourth-order valence-electron chi connectivity index (χ4n) is 6.01. The van der Waals surface area contributed by atoms with Crippen molar-refractivity contribution in [1.82, 2.24) is 29.5 Å². The van der Waals surface area contributed by atoms with Crippen molar-refractivity contribution in [2.75, 3.05) is 0 Å². The molecule has 8 rings (SSSR count). The lowest BCUT2D eigenvalue weighted by molar-refractivity contribution is -0.137. The molecular weight excluding hydrogens is 641 g/mol. The number of aryl methyl sites for hydroxylation is 1. The van der Waals surface area contributed by atoms with Gasteiger partial charge < -0.3 is 9.47 Å². The molecule has 0 bridgehead atoms. The van der Waals surface area contributed by atoms with Gasteiger partial charge in [0.1, 0.15) is 35.7 Å². The Morgan fingerprint density at radius 3 is 1.68 bits per heavy atom. The number of pyridine rings is 2. The first-order valence-corrected chi connectivity index (χ1v) is 15.5. The monoisotopic (exact) mass is 666 g/mol. The molecule has 8 nitrogen and oxygen atoms in total. The minimum absolute atomic E-state index is 0.174. The van der Waals surface area contributed by atoms with Crippen LogP contribution in [0.3, 0.4) is 0 Å². The number of nitrogens with zero attached hydrogens (tertiary/aromatic N) is 6. The molecule has 244 valence electrons. The average molecular weight is 667 g/mol. The van der Waals surface area contributed by atoms with Crippen LogP contribution in [-0.4, -0.2) is 29.5 Å². The lowest BCUT2D eigenvalue weighted by Gasteiger charge is -2.13. The summed E-state index contributed by atoms with van der Waals surface area (Å²) in [6.45, 7) is 2.02. The van der Waals surface area contributed by atoms with Gasteiger partial charge in [0.25, 0.3) is 0 Å². The number of alkyl halides is 3.